The molecule has 1 aromatic heterocycles. The van der Waals surface area contributed by atoms with Gasteiger partial charge < -0.3 is 20.3 Å². The Morgan fingerprint density at radius 1 is 1.41 bits per heavy atom. The van der Waals surface area contributed by atoms with Crippen molar-refractivity contribution in [3.05, 3.63) is 42.2 Å². The molecule has 1 saturated heterocycles. The molecule has 27 heavy (non-hydrogen) atoms. The van der Waals surface area contributed by atoms with Crippen LogP contribution in [0.2, 0.25) is 0 Å². The molecule has 146 valence electrons. The monoisotopic (exact) mass is 378 g/mol. The zero-order valence-electron chi connectivity index (χ0n) is 15.4. The van der Waals surface area contributed by atoms with Gasteiger partial charge in [0, 0.05) is 51.5 Å². The fourth-order valence-corrected chi connectivity index (χ4v) is 3.15. The molecule has 0 amide bonds. The van der Waals surface area contributed by atoms with E-state index >= 15 is 0 Å². The summed E-state index contributed by atoms with van der Waals surface area (Å²) in [6, 6.07) is 7.04. The third-order valence-corrected chi connectivity index (χ3v) is 4.39. The van der Waals surface area contributed by atoms with Crippen molar-refractivity contribution < 1.29 is 13.5 Å². The minimum absolute atomic E-state index is 0.157. The van der Waals surface area contributed by atoms with E-state index in [1.807, 2.05) is 24.2 Å². The van der Waals surface area contributed by atoms with Gasteiger partial charge in [0.15, 0.2) is 5.96 Å². The van der Waals surface area contributed by atoms with Gasteiger partial charge in [0.2, 0.25) is 0 Å². The molecule has 2 N–H and O–H groups in total. The first-order chi connectivity index (χ1) is 13.0. The second-order valence-electron chi connectivity index (χ2n) is 6.37. The van der Waals surface area contributed by atoms with Crippen LogP contribution in [0.15, 0.2) is 41.7 Å². The Labute approximate surface area is 157 Å². The number of anilines is 1. The van der Waals surface area contributed by atoms with Crippen molar-refractivity contribution in [1.82, 2.24) is 20.4 Å². The van der Waals surface area contributed by atoms with Crippen molar-refractivity contribution >= 4 is 11.6 Å². The zero-order chi connectivity index (χ0) is 19.2. The highest BCUT2D eigenvalue weighted by atomic mass is 19.3. The summed E-state index contributed by atoms with van der Waals surface area (Å²) in [5.74, 6) is 0.898. The normalized spacial score (nSPS) is 17.4. The number of hydrogen-bond acceptors (Lipinski definition) is 4. The summed E-state index contributed by atoms with van der Waals surface area (Å²) >= 11 is 0. The lowest BCUT2D eigenvalue weighted by Crippen LogP contribution is -2.44. The first-order valence-electron chi connectivity index (χ1n) is 8.78. The molecule has 1 aromatic carbocycles. The number of para-hydroxylation sites is 2. The molecular formula is C18H24F2N6O. The molecule has 9 heteroatoms. The van der Waals surface area contributed by atoms with Crippen molar-refractivity contribution in [2.75, 3.05) is 25.0 Å². The highest BCUT2D eigenvalue weighted by Gasteiger charge is 2.26. The van der Waals surface area contributed by atoms with Gasteiger partial charge in [0.25, 0.3) is 0 Å². The van der Waals surface area contributed by atoms with E-state index in [0.29, 0.717) is 24.7 Å². The van der Waals surface area contributed by atoms with Gasteiger partial charge >= 0.3 is 6.61 Å². The quantitative estimate of drug-likeness (QED) is 0.594. The fraction of sp³-hybridized carbons (Fsp3) is 0.444. The first kappa shape index (κ1) is 18.9. The van der Waals surface area contributed by atoms with E-state index in [1.165, 1.54) is 0 Å². The van der Waals surface area contributed by atoms with Crippen LogP contribution >= 0.6 is 0 Å². The minimum Gasteiger partial charge on any atom is -0.433 e. The second-order valence-corrected chi connectivity index (χ2v) is 6.37. The zero-order valence-corrected chi connectivity index (χ0v) is 15.4. The summed E-state index contributed by atoms with van der Waals surface area (Å²) in [5.41, 5.74) is 1.74. The highest BCUT2D eigenvalue weighted by Crippen LogP contribution is 2.31. The van der Waals surface area contributed by atoms with Crippen LogP contribution in [0, 0.1) is 0 Å². The van der Waals surface area contributed by atoms with Crippen LogP contribution in [0.3, 0.4) is 0 Å². The van der Waals surface area contributed by atoms with E-state index in [9.17, 15) is 8.78 Å². The van der Waals surface area contributed by atoms with Crippen LogP contribution in [0.25, 0.3) is 0 Å². The molecule has 1 fully saturated rings. The Balaban J connectivity index is 1.56. The largest absolute Gasteiger partial charge is 0.433 e. The summed E-state index contributed by atoms with van der Waals surface area (Å²) in [7, 11) is 3.59. The number of rotatable bonds is 6. The van der Waals surface area contributed by atoms with E-state index in [4.69, 9.17) is 0 Å². The van der Waals surface area contributed by atoms with Crippen molar-refractivity contribution in [1.29, 1.82) is 0 Å². The maximum atomic E-state index is 12.6. The van der Waals surface area contributed by atoms with Crippen LogP contribution in [-0.2, 0) is 13.6 Å². The van der Waals surface area contributed by atoms with Crippen molar-refractivity contribution in [3.63, 3.8) is 0 Å². The number of alkyl halides is 2. The molecule has 2 heterocycles. The molecule has 7 nitrogen and oxygen atoms in total. The van der Waals surface area contributed by atoms with E-state index in [-0.39, 0.29) is 11.8 Å². The summed E-state index contributed by atoms with van der Waals surface area (Å²) < 4.78 is 31.6. The Bertz CT molecular complexity index is 779. The number of aliphatic imine (C=N–C) groups is 1. The van der Waals surface area contributed by atoms with E-state index < -0.39 is 6.61 Å². The van der Waals surface area contributed by atoms with E-state index in [1.54, 1.807) is 36.1 Å². The standard InChI is InChI=1S/C18H24F2N6O/c1-21-18(22-9-13-10-23-25(2)11-13)24-14-7-8-26(12-14)15-5-3-4-6-16(15)27-17(19)20/h3-6,10-11,14,17H,7-9,12H2,1-2H3,(H2,21,22,24). The molecule has 3 rings (SSSR count). The molecule has 1 unspecified atom stereocenters. The molecule has 0 aliphatic carbocycles. The molecule has 0 saturated carbocycles. The van der Waals surface area contributed by atoms with Crippen molar-refractivity contribution in [3.8, 4) is 5.75 Å². The van der Waals surface area contributed by atoms with Gasteiger partial charge in [-0.1, -0.05) is 12.1 Å². The lowest BCUT2D eigenvalue weighted by Gasteiger charge is -2.22. The number of aryl methyl sites for hydroxylation is 1. The first-order valence-corrected chi connectivity index (χ1v) is 8.78. The number of halogens is 2. The van der Waals surface area contributed by atoms with Crippen LogP contribution in [0.4, 0.5) is 14.5 Å². The van der Waals surface area contributed by atoms with E-state index in [2.05, 4.69) is 25.5 Å². The van der Waals surface area contributed by atoms with Crippen LogP contribution < -0.4 is 20.3 Å². The highest BCUT2D eigenvalue weighted by molar-refractivity contribution is 5.80. The number of benzene rings is 1. The predicted octanol–water partition coefficient (Wildman–Crippen LogP) is 1.97. The van der Waals surface area contributed by atoms with Crippen LogP contribution in [-0.4, -0.2) is 48.5 Å². The molecule has 0 bridgehead atoms. The van der Waals surface area contributed by atoms with Gasteiger partial charge in [0.05, 0.1) is 11.9 Å². The molecular weight excluding hydrogens is 354 g/mol. The lowest BCUT2D eigenvalue weighted by atomic mass is 10.2. The number of guanidine groups is 1. The summed E-state index contributed by atoms with van der Waals surface area (Å²) in [5, 5.41) is 10.8. The van der Waals surface area contributed by atoms with Gasteiger partial charge in [-0.15, -0.1) is 0 Å². The average molecular weight is 378 g/mol. The molecule has 1 atom stereocenters. The van der Waals surface area contributed by atoms with Crippen molar-refractivity contribution in [2.24, 2.45) is 12.0 Å². The van der Waals surface area contributed by atoms with Gasteiger partial charge in [-0.25, -0.2) is 0 Å². The topological polar surface area (TPSA) is 66.7 Å². The van der Waals surface area contributed by atoms with Crippen LogP contribution in [0.5, 0.6) is 5.75 Å². The van der Waals surface area contributed by atoms with Crippen LogP contribution in [0.1, 0.15) is 12.0 Å². The van der Waals surface area contributed by atoms with Gasteiger partial charge in [-0.05, 0) is 18.6 Å². The summed E-state index contributed by atoms with van der Waals surface area (Å²) in [4.78, 5) is 6.30. The maximum absolute atomic E-state index is 12.6. The molecule has 1 aliphatic rings. The Hall–Kier alpha value is -2.84. The number of aromatic nitrogens is 2. The summed E-state index contributed by atoms with van der Waals surface area (Å²) in [6.45, 7) is -0.786. The third kappa shape index (κ3) is 5.08. The number of hydrogen-bond donors (Lipinski definition) is 2. The Kier molecular flexibility index (Phi) is 6.10. The number of nitrogens with one attached hydrogen (secondary N) is 2. The minimum atomic E-state index is -2.84. The molecule has 0 radical (unpaired) electrons. The molecule has 2 aromatic rings. The summed E-state index contributed by atoms with van der Waals surface area (Å²) in [6.07, 6.45) is 4.62. The average Bonchev–Trinajstić information content (AvgIpc) is 3.27. The van der Waals surface area contributed by atoms with Gasteiger partial charge in [0.1, 0.15) is 5.75 Å². The predicted molar refractivity (Wildman–Crippen MR) is 100 cm³/mol. The van der Waals surface area contributed by atoms with E-state index in [0.717, 1.165) is 18.5 Å². The molecule has 1 aliphatic heterocycles. The fourth-order valence-electron chi connectivity index (χ4n) is 3.15. The smallest absolute Gasteiger partial charge is 0.387 e. The Morgan fingerprint density at radius 3 is 2.93 bits per heavy atom. The lowest BCUT2D eigenvalue weighted by molar-refractivity contribution is -0.0495. The van der Waals surface area contributed by atoms with Gasteiger partial charge in [-0.3, -0.25) is 9.67 Å². The SMILES string of the molecule is CN=C(NCc1cnn(C)c1)NC1CCN(c2ccccc2OC(F)F)C1. The second kappa shape index (κ2) is 8.70. The number of ether oxygens (including phenoxy) is 1. The Morgan fingerprint density at radius 2 is 2.22 bits per heavy atom. The molecule has 0 spiro atoms. The van der Waals surface area contributed by atoms with Crippen molar-refractivity contribution in [2.45, 2.75) is 25.6 Å². The van der Waals surface area contributed by atoms with Gasteiger partial charge in [-0.2, -0.15) is 13.9 Å². The third-order valence-electron chi connectivity index (χ3n) is 4.39. The number of nitrogens with zero attached hydrogens (tertiary/aromatic N) is 4. The maximum Gasteiger partial charge on any atom is 0.387 e.